The number of imidazole rings is 2. The van der Waals surface area contributed by atoms with Crippen LogP contribution in [0.5, 0.6) is 0 Å². The minimum absolute atomic E-state index is 0.00646. The SMILES string of the molecule is Cc1ccc(Br)cc1NC(=O)c1nc[nH]c1C(=O)Nc1nc2c([nH]1)CCC=C2OC1CCNCC1. The highest BCUT2D eigenvalue weighted by molar-refractivity contribution is 9.10. The summed E-state index contributed by atoms with van der Waals surface area (Å²) in [4.78, 5) is 40.5. The molecule has 0 saturated carbocycles. The van der Waals surface area contributed by atoms with Gasteiger partial charge in [0, 0.05) is 15.9 Å². The number of benzene rings is 1. The summed E-state index contributed by atoms with van der Waals surface area (Å²) in [6.07, 6.45) is 7.04. The number of piperidine rings is 1. The van der Waals surface area contributed by atoms with Crippen LogP contribution in [0.2, 0.25) is 0 Å². The maximum Gasteiger partial charge on any atom is 0.276 e. The van der Waals surface area contributed by atoms with E-state index in [1.165, 1.54) is 6.33 Å². The summed E-state index contributed by atoms with van der Waals surface area (Å²) in [5.74, 6) is 0.0397. The molecule has 2 aliphatic rings. The number of carbonyl (C=O) groups excluding carboxylic acids is 2. The van der Waals surface area contributed by atoms with E-state index in [9.17, 15) is 9.59 Å². The lowest BCUT2D eigenvalue weighted by atomic mass is 10.1. The normalized spacial score (nSPS) is 15.8. The monoisotopic (exact) mass is 539 g/mol. The molecule has 3 heterocycles. The van der Waals surface area contributed by atoms with E-state index in [1.54, 1.807) is 6.07 Å². The summed E-state index contributed by atoms with van der Waals surface area (Å²) in [5, 5.41) is 8.90. The number of allylic oxidation sites excluding steroid dienone is 1. The summed E-state index contributed by atoms with van der Waals surface area (Å²) in [6, 6.07) is 5.57. The molecule has 2 aromatic heterocycles. The third-order valence-corrected chi connectivity index (χ3v) is 6.57. The van der Waals surface area contributed by atoms with E-state index in [0.29, 0.717) is 11.6 Å². The summed E-state index contributed by atoms with van der Waals surface area (Å²) >= 11 is 3.40. The van der Waals surface area contributed by atoms with Crippen LogP contribution in [0.25, 0.3) is 5.76 Å². The first-order valence-electron chi connectivity index (χ1n) is 11.6. The minimum atomic E-state index is -0.519. The van der Waals surface area contributed by atoms with Crippen molar-refractivity contribution in [2.45, 2.75) is 38.7 Å². The molecule has 35 heavy (non-hydrogen) atoms. The van der Waals surface area contributed by atoms with Crippen LogP contribution < -0.4 is 16.0 Å². The third-order valence-electron chi connectivity index (χ3n) is 6.08. The molecule has 5 N–H and O–H groups in total. The van der Waals surface area contributed by atoms with Crippen LogP contribution in [0.4, 0.5) is 11.6 Å². The van der Waals surface area contributed by atoms with Gasteiger partial charge in [-0.2, -0.15) is 0 Å². The Kier molecular flexibility index (Phi) is 6.69. The van der Waals surface area contributed by atoms with Gasteiger partial charge >= 0.3 is 0 Å². The number of nitrogens with one attached hydrogen (secondary N) is 5. The molecule has 1 fully saturated rings. The van der Waals surface area contributed by atoms with Gasteiger partial charge in [0.1, 0.15) is 23.3 Å². The predicted octanol–water partition coefficient (Wildman–Crippen LogP) is 3.76. The number of anilines is 2. The summed E-state index contributed by atoms with van der Waals surface area (Å²) in [7, 11) is 0. The van der Waals surface area contributed by atoms with Crippen molar-refractivity contribution in [3.05, 3.63) is 63.4 Å². The van der Waals surface area contributed by atoms with Gasteiger partial charge in [0.05, 0.1) is 6.33 Å². The van der Waals surface area contributed by atoms with Crippen molar-refractivity contribution in [1.82, 2.24) is 25.3 Å². The number of amides is 2. The lowest BCUT2D eigenvalue weighted by Crippen LogP contribution is -2.32. The molecule has 0 atom stereocenters. The maximum absolute atomic E-state index is 13.0. The van der Waals surface area contributed by atoms with Crippen LogP contribution in [-0.2, 0) is 11.2 Å². The molecule has 0 spiro atoms. The zero-order chi connectivity index (χ0) is 24.4. The highest BCUT2D eigenvalue weighted by Crippen LogP contribution is 2.29. The Hall–Kier alpha value is -3.44. The summed E-state index contributed by atoms with van der Waals surface area (Å²) < 4.78 is 7.06. The van der Waals surface area contributed by atoms with E-state index < -0.39 is 11.8 Å². The topological polar surface area (TPSA) is 137 Å². The van der Waals surface area contributed by atoms with E-state index in [0.717, 1.165) is 66.0 Å². The van der Waals surface area contributed by atoms with Gasteiger partial charge in [0.2, 0.25) is 5.95 Å². The van der Waals surface area contributed by atoms with Crippen molar-refractivity contribution in [3.8, 4) is 0 Å². The largest absolute Gasteiger partial charge is 0.488 e. The number of aryl methyl sites for hydroxylation is 2. The number of halogens is 1. The molecule has 10 nitrogen and oxygen atoms in total. The maximum atomic E-state index is 13.0. The number of rotatable bonds is 6. The molecule has 5 rings (SSSR count). The number of fused-ring (bicyclic) bond motifs is 1. The van der Waals surface area contributed by atoms with Crippen molar-refractivity contribution in [3.63, 3.8) is 0 Å². The predicted molar refractivity (Wildman–Crippen MR) is 135 cm³/mol. The van der Waals surface area contributed by atoms with Gasteiger partial charge in [0.25, 0.3) is 11.8 Å². The Balaban J connectivity index is 1.29. The number of aromatic amines is 2. The molecular formula is C24H26BrN7O3. The van der Waals surface area contributed by atoms with Gasteiger partial charge in [0.15, 0.2) is 5.69 Å². The molecule has 0 unspecified atom stereocenters. The molecule has 1 saturated heterocycles. The fraction of sp³-hybridized carbons (Fsp3) is 0.333. The molecule has 1 aliphatic carbocycles. The third kappa shape index (κ3) is 5.15. The number of aromatic nitrogens is 4. The molecule has 0 bridgehead atoms. The number of hydrogen-bond donors (Lipinski definition) is 5. The van der Waals surface area contributed by atoms with Crippen LogP contribution >= 0.6 is 15.9 Å². The highest BCUT2D eigenvalue weighted by Gasteiger charge is 2.26. The highest BCUT2D eigenvalue weighted by atomic mass is 79.9. The van der Waals surface area contributed by atoms with Crippen LogP contribution in [0, 0.1) is 6.92 Å². The zero-order valence-corrected chi connectivity index (χ0v) is 20.8. The first-order chi connectivity index (χ1) is 17.0. The van der Waals surface area contributed by atoms with Crippen molar-refractivity contribution in [2.75, 3.05) is 23.7 Å². The Morgan fingerprint density at radius 1 is 1.17 bits per heavy atom. The van der Waals surface area contributed by atoms with Crippen LogP contribution in [0.15, 0.2) is 35.1 Å². The quantitative estimate of drug-likeness (QED) is 0.323. The van der Waals surface area contributed by atoms with Crippen molar-refractivity contribution >= 4 is 45.1 Å². The van der Waals surface area contributed by atoms with E-state index in [4.69, 9.17) is 4.74 Å². The van der Waals surface area contributed by atoms with Crippen LogP contribution in [0.3, 0.4) is 0 Å². The Morgan fingerprint density at radius 3 is 2.83 bits per heavy atom. The fourth-order valence-electron chi connectivity index (χ4n) is 4.21. The average molecular weight is 540 g/mol. The van der Waals surface area contributed by atoms with Crippen LogP contribution in [-0.4, -0.2) is 50.9 Å². The van der Waals surface area contributed by atoms with E-state index in [2.05, 4.69) is 57.9 Å². The first kappa shape index (κ1) is 23.3. The second kappa shape index (κ2) is 10.0. The smallest absolute Gasteiger partial charge is 0.276 e. The van der Waals surface area contributed by atoms with Gasteiger partial charge in [-0.3, -0.25) is 14.9 Å². The second-order valence-electron chi connectivity index (χ2n) is 8.58. The Bertz CT molecular complexity index is 1290. The Labute approximate surface area is 210 Å². The van der Waals surface area contributed by atoms with Gasteiger partial charge < -0.3 is 25.3 Å². The number of nitrogens with zero attached hydrogens (tertiary/aromatic N) is 2. The van der Waals surface area contributed by atoms with E-state index >= 15 is 0 Å². The number of ether oxygens (including phenoxy) is 1. The lowest BCUT2D eigenvalue weighted by molar-refractivity contribution is 0.0985. The van der Waals surface area contributed by atoms with E-state index in [-0.39, 0.29) is 17.5 Å². The Morgan fingerprint density at radius 2 is 2.00 bits per heavy atom. The molecule has 182 valence electrons. The lowest BCUT2D eigenvalue weighted by Gasteiger charge is -2.26. The summed E-state index contributed by atoms with van der Waals surface area (Å²) in [6.45, 7) is 3.76. The van der Waals surface area contributed by atoms with Gasteiger partial charge in [-0.1, -0.05) is 22.0 Å². The van der Waals surface area contributed by atoms with Crippen molar-refractivity contribution < 1.29 is 14.3 Å². The molecular weight excluding hydrogens is 514 g/mol. The second-order valence-corrected chi connectivity index (χ2v) is 9.50. The number of carbonyl (C=O) groups is 2. The van der Waals surface area contributed by atoms with Gasteiger partial charge in [-0.15, -0.1) is 0 Å². The molecule has 0 radical (unpaired) electrons. The molecule has 1 aliphatic heterocycles. The molecule has 3 aromatic rings. The van der Waals surface area contributed by atoms with Crippen LogP contribution in [0.1, 0.15) is 57.2 Å². The standard InChI is InChI=1S/C24H26BrN7O3/c1-13-5-6-14(25)11-17(13)29-22(33)20-21(28-12-27-20)23(34)32-24-30-16-3-2-4-18(19(16)31-24)35-15-7-9-26-10-8-15/h4-6,11-12,15,26H,2-3,7-10H2,1H3,(H,27,28)(H,29,33)(H2,30,31,32,34). The molecule has 11 heteroatoms. The summed E-state index contributed by atoms with van der Waals surface area (Å²) in [5.41, 5.74) is 3.20. The average Bonchev–Trinajstić information content (AvgIpc) is 3.50. The van der Waals surface area contributed by atoms with Crippen molar-refractivity contribution in [1.29, 1.82) is 0 Å². The first-order valence-corrected chi connectivity index (χ1v) is 12.4. The van der Waals surface area contributed by atoms with E-state index in [1.807, 2.05) is 19.1 Å². The number of hydrogen-bond acceptors (Lipinski definition) is 6. The van der Waals surface area contributed by atoms with Crippen molar-refractivity contribution in [2.24, 2.45) is 0 Å². The number of H-pyrrole nitrogens is 2. The minimum Gasteiger partial charge on any atom is -0.488 e. The molecule has 1 aromatic carbocycles. The fourth-order valence-corrected chi connectivity index (χ4v) is 4.58. The van der Waals surface area contributed by atoms with Gasteiger partial charge in [-0.25, -0.2) is 9.97 Å². The molecule has 2 amide bonds. The van der Waals surface area contributed by atoms with Gasteiger partial charge in [-0.05, 0) is 69.5 Å². The zero-order valence-electron chi connectivity index (χ0n) is 19.2.